The van der Waals surface area contributed by atoms with E-state index in [9.17, 15) is 9.59 Å². The number of hydrogen-bond acceptors (Lipinski definition) is 3. The maximum absolute atomic E-state index is 11.4. The van der Waals surface area contributed by atoms with E-state index in [0.29, 0.717) is 25.1 Å². The molecule has 0 aliphatic heterocycles. The molecular weight excluding hydrogens is 230 g/mol. The predicted octanol–water partition coefficient (Wildman–Crippen LogP) is -0.0757. The van der Waals surface area contributed by atoms with Gasteiger partial charge in [0.2, 0.25) is 5.91 Å². The Labute approximate surface area is 107 Å². The molecule has 0 heterocycles. The largest absolute Gasteiger partial charge is 0.355 e. The highest BCUT2D eigenvalue weighted by molar-refractivity contribution is 5.94. The van der Waals surface area contributed by atoms with Gasteiger partial charge >= 0.3 is 0 Å². The molecule has 0 saturated heterocycles. The molecule has 0 unspecified atom stereocenters. The zero-order valence-corrected chi connectivity index (χ0v) is 10.7. The molecule has 98 valence electrons. The summed E-state index contributed by atoms with van der Waals surface area (Å²) in [7, 11) is 3.33. The minimum absolute atomic E-state index is 0.0278. The molecule has 1 aromatic carbocycles. The van der Waals surface area contributed by atoms with E-state index in [1.807, 2.05) is 18.2 Å². The van der Waals surface area contributed by atoms with Gasteiger partial charge in [-0.2, -0.15) is 0 Å². The monoisotopic (exact) mass is 249 g/mol. The van der Waals surface area contributed by atoms with Crippen molar-refractivity contribution in [3.05, 3.63) is 35.4 Å². The van der Waals surface area contributed by atoms with Gasteiger partial charge in [-0.15, -0.1) is 0 Å². The summed E-state index contributed by atoms with van der Waals surface area (Å²) in [5.41, 5.74) is 1.66. The molecule has 0 bridgehead atoms. The average Bonchev–Trinajstić information content (AvgIpc) is 2.38. The third kappa shape index (κ3) is 4.55. The van der Waals surface area contributed by atoms with Crippen molar-refractivity contribution in [2.75, 3.05) is 27.2 Å². The first-order chi connectivity index (χ1) is 8.67. The third-order valence-electron chi connectivity index (χ3n) is 2.49. The van der Waals surface area contributed by atoms with Crippen LogP contribution in [0.3, 0.4) is 0 Å². The zero-order valence-electron chi connectivity index (χ0n) is 10.7. The summed E-state index contributed by atoms with van der Waals surface area (Å²) in [6.45, 7) is 0.885. The summed E-state index contributed by atoms with van der Waals surface area (Å²) in [4.78, 5) is 22.7. The molecule has 0 fully saturated rings. The van der Waals surface area contributed by atoms with Gasteiger partial charge in [0.1, 0.15) is 0 Å². The van der Waals surface area contributed by atoms with Gasteiger partial charge in [0, 0.05) is 19.2 Å². The molecule has 0 saturated carbocycles. The SMILES string of the molecule is CNCC(=O)NCCc1cccc(C(=O)NC)c1. The van der Waals surface area contributed by atoms with Crippen molar-refractivity contribution in [3.8, 4) is 0 Å². The maximum Gasteiger partial charge on any atom is 0.251 e. The molecular formula is C13H19N3O2. The van der Waals surface area contributed by atoms with Crippen LogP contribution in [-0.4, -0.2) is 39.0 Å². The maximum atomic E-state index is 11.4. The first-order valence-corrected chi connectivity index (χ1v) is 5.89. The second-order valence-electron chi connectivity index (χ2n) is 3.91. The third-order valence-corrected chi connectivity index (χ3v) is 2.49. The molecule has 0 spiro atoms. The molecule has 5 heteroatoms. The molecule has 1 aromatic rings. The van der Waals surface area contributed by atoms with Gasteiger partial charge in [-0.3, -0.25) is 9.59 Å². The summed E-state index contributed by atoms with van der Waals surface area (Å²) in [6.07, 6.45) is 0.709. The van der Waals surface area contributed by atoms with Crippen molar-refractivity contribution in [2.45, 2.75) is 6.42 Å². The Morgan fingerprint density at radius 2 is 2.00 bits per heavy atom. The zero-order chi connectivity index (χ0) is 13.4. The van der Waals surface area contributed by atoms with E-state index in [-0.39, 0.29) is 11.8 Å². The van der Waals surface area contributed by atoms with Crippen LogP contribution < -0.4 is 16.0 Å². The number of carbonyl (C=O) groups is 2. The van der Waals surface area contributed by atoms with Crippen LogP contribution in [0, 0.1) is 0 Å². The number of benzene rings is 1. The van der Waals surface area contributed by atoms with Gasteiger partial charge in [-0.1, -0.05) is 12.1 Å². The summed E-state index contributed by atoms with van der Waals surface area (Å²) in [5, 5.41) is 8.16. The lowest BCUT2D eigenvalue weighted by molar-refractivity contribution is -0.120. The summed E-state index contributed by atoms with van der Waals surface area (Å²) in [6, 6.07) is 7.39. The fourth-order valence-corrected chi connectivity index (χ4v) is 1.58. The van der Waals surface area contributed by atoms with Crippen LogP contribution in [0.4, 0.5) is 0 Å². The molecule has 1 rings (SSSR count). The molecule has 0 aromatic heterocycles. The predicted molar refractivity (Wildman–Crippen MR) is 70.5 cm³/mol. The lowest BCUT2D eigenvalue weighted by Crippen LogP contribution is -2.33. The van der Waals surface area contributed by atoms with Gasteiger partial charge in [0.05, 0.1) is 6.54 Å². The Morgan fingerprint density at radius 3 is 2.67 bits per heavy atom. The topological polar surface area (TPSA) is 70.2 Å². The average molecular weight is 249 g/mol. The highest BCUT2D eigenvalue weighted by atomic mass is 16.2. The molecule has 5 nitrogen and oxygen atoms in total. The van der Waals surface area contributed by atoms with E-state index in [2.05, 4.69) is 16.0 Å². The fourth-order valence-electron chi connectivity index (χ4n) is 1.58. The Bertz CT molecular complexity index is 418. The first-order valence-electron chi connectivity index (χ1n) is 5.89. The lowest BCUT2D eigenvalue weighted by Gasteiger charge is -2.06. The van der Waals surface area contributed by atoms with E-state index < -0.39 is 0 Å². The number of likely N-dealkylation sites (N-methyl/N-ethyl adjacent to an activating group) is 1. The normalized spacial score (nSPS) is 9.89. The quantitative estimate of drug-likeness (QED) is 0.660. The van der Waals surface area contributed by atoms with Gasteiger partial charge in [0.15, 0.2) is 0 Å². The van der Waals surface area contributed by atoms with Crippen LogP contribution in [0.1, 0.15) is 15.9 Å². The Balaban J connectivity index is 2.47. The summed E-state index contributed by atoms with van der Waals surface area (Å²) < 4.78 is 0. The minimum atomic E-state index is -0.101. The van der Waals surface area contributed by atoms with E-state index in [1.54, 1.807) is 20.2 Å². The van der Waals surface area contributed by atoms with E-state index >= 15 is 0 Å². The molecule has 0 atom stereocenters. The van der Waals surface area contributed by atoms with E-state index in [1.165, 1.54) is 0 Å². The van der Waals surface area contributed by atoms with E-state index in [0.717, 1.165) is 5.56 Å². The second kappa shape index (κ2) is 7.45. The molecule has 2 amide bonds. The molecule has 3 N–H and O–H groups in total. The minimum Gasteiger partial charge on any atom is -0.355 e. The van der Waals surface area contributed by atoms with Crippen LogP contribution in [0.5, 0.6) is 0 Å². The van der Waals surface area contributed by atoms with Crippen LogP contribution in [-0.2, 0) is 11.2 Å². The van der Waals surface area contributed by atoms with Crippen molar-refractivity contribution in [1.82, 2.24) is 16.0 Å². The Hall–Kier alpha value is -1.88. The number of rotatable bonds is 6. The van der Waals surface area contributed by atoms with E-state index in [4.69, 9.17) is 0 Å². The second-order valence-corrected chi connectivity index (χ2v) is 3.91. The number of hydrogen-bond donors (Lipinski definition) is 3. The van der Waals surface area contributed by atoms with Crippen LogP contribution in [0.25, 0.3) is 0 Å². The van der Waals surface area contributed by atoms with Gasteiger partial charge in [0.25, 0.3) is 5.91 Å². The van der Waals surface area contributed by atoms with Crippen molar-refractivity contribution in [2.24, 2.45) is 0 Å². The Kier molecular flexibility index (Phi) is 5.87. The van der Waals surface area contributed by atoms with Crippen molar-refractivity contribution in [1.29, 1.82) is 0 Å². The van der Waals surface area contributed by atoms with Crippen LogP contribution in [0.15, 0.2) is 24.3 Å². The van der Waals surface area contributed by atoms with Gasteiger partial charge in [-0.05, 0) is 31.2 Å². The molecule has 18 heavy (non-hydrogen) atoms. The smallest absolute Gasteiger partial charge is 0.251 e. The van der Waals surface area contributed by atoms with Gasteiger partial charge < -0.3 is 16.0 Å². The standard InChI is InChI=1S/C13H19N3O2/c1-14-9-12(17)16-7-6-10-4-3-5-11(8-10)13(18)15-2/h3-5,8,14H,6-7,9H2,1-2H3,(H,15,18)(H,16,17). The van der Waals surface area contributed by atoms with Crippen molar-refractivity contribution >= 4 is 11.8 Å². The van der Waals surface area contributed by atoms with Crippen molar-refractivity contribution < 1.29 is 9.59 Å². The number of carbonyl (C=O) groups excluding carboxylic acids is 2. The molecule has 0 aliphatic carbocycles. The van der Waals surface area contributed by atoms with Gasteiger partial charge in [-0.25, -0.2) is 0 Å². The molecule has 0 aliphatic rings. The highest BCUT2D eigenvalue weighted by Gasteiger charge is 2.04. The fraction of sp³-hybridized carbons (Fsp3) is 0.385. The van der Waals surface area contributed by atoms with Crippen molar-refractivity contribution in [3.63, 3.8) is 0 Å². The number of nitrogens with one attached hydrogen (secondary N) is 3. The first kappa shape index (κ1) is 14.2. The summed E-state index contributed by atoms with van der Waals surface area (Å²) >= 11 is 0. The summed E-state index contributed by atoms with van der Waals surface area (Å²) in [5.74, 6) is -0.129. The lowest BCUT2D eigenvalue weighted by atomic mass is 10.1. The Morgan fingerprint density at radius 1 is 1.22 bits per heavy atom. The highest BCUT2D eigenvalue weighted by Crippen LogP contribution is 2.05. The number of amides is 2. The molecule has 0 radical (unpaired) electrons. The van der Waals surface area contributed by atoms with Crippen LogP contribution >= 0.6 is 0 Å². The van der Waals surface area contributed by atoms with Crippen LogP contribution in [0.2, 0.25) is 0 Å².